The number of rotatable bonds is 5. The Morgan fingerprint density at radius 3 is 2.65 bits per heavy atom. The molecule has 0 N–H and O–H groups in total. The first kappa shape index (κ1) is 16.1. The van der Waals surface area contributed by atoms with Crippen molar-refractivity contribution < 1.29 is 22.3 Å². The number of hydrogen-bond acceptors (Lipinski definition) is 5. The summed E-state index contributed by atoms with van der Waals surface area (Å²) in [5.74, 6) is -1.73. The molecule has 0 heterocycles. The number of sulfone groups is 1. The van der Waals surface area contributed by atoms with Crippen LogP contribution in [0.25, 0.3) is 0 Å². The number of nitrogens with zero attached hydrogens (tertiary/aromatic N) is 1. The highest BCUT2D eigenvalue weighted by molar-refractivity contribution is 7.91. The van der Waals surface area contributed by atoms with Crippen LogP contribution in [0.3, 0.4) is 0 Å². The molecule has 20 heavy (non-hydrogen) atoms. The monoisotopic (exact) mass is 299 g/mol. The summed E-state index contributed by atoms with van der Waals surface area (Å²) in [6.45, 7) is 1.39. The van der Waals surface area contributed by atoms with Crippen LogP contribution in [0.2, 0.25) is 0 Å². The number of esters is 1. The minimum Gasteiger partial charge on any atom is -0.469 e. The second kappa shape index (κ2) is 6.48. The summed E-state index contributed by atoms with van der Waals surface area (Å²) in [6, 6.07) is 5.15. The molecular formula is C13H14FNO4S. The van der Waals surface area contributed by atoms with E-state index in [-0.39, 0.29) is 17.5 Å². The van der Waals surface area contributed by atoms with E-state index in [1.807, 2.05) is 0 Å². The molecule has 7 heteroatoms. The van der Waals surface area contributed by atoms with E-state index >= 15 is 0 Å². The van der Waals surface area contributed by atoms with Crippen molar-refractivity contribution in [3.63, 3.8) is 0 Å². The third-order valence-corrected chi connectivity index (χ3v) is 4.88. The number of carbonyl (C=O) groups is 1. The first-order valence-corrected chi connectivity index (χ1v) is 7.48. The van der Waals surface area contributed by atoms with Crippen molar-refractivity contribution in [2.24, 2.45) is 0 Å². The molecule has 0 saturated heterocycles. The maximum Gasteiger partial charge on any atom is 0.306 e. The molecule has 0 aliphatic carbocycles. The van der Waals surface area contributed by atoms with Crippen LogP contribution in [0.15, 0.2) is 18.2 Å². The molecule has 108 valence electrons. The molecule has 1 aromatic rings. The predicted octanol–water partition coefficient (Wildman–Crippen LogP) is 1.56. The largest absolute Gasteiger partial charge is 0.469 e. The van der Waals surface area contributed by atoms with E-state index in [2.05, 4.69) is 4.74 Å². The van der Waals surface area contributed by atoms with Gasteiger partial charge >= 0.3 is 5.97 Å². The van der Waals surface area contributed by atoms with Crippen molar-refractivity contribution >= 4 is 15.8 Å². The summed E-state index contributed by atoms with van der Waals surface area (Å²) >= 11 is 0. The van der Waals surface area contributed by atoms with Gasteiger partial charge in [-0.1, -0.05) is 0 Å². The summed E-state index contributed by atoms with van der Waals surface area (Å²) < 4.78 is 41.7. The summed E-state index contributed by atoms with van der Waals surface area (Å²) in [5.41, 5.74) is 0.231. The zero-order valence-electron chi connectivity index (χ0n) is 11.1. The number of halogens is 1. The Labute approximate surface area is 116 Å². The second-order valence-electron chi connectivity index (χ2n) is 4.36. The molecule has 0 saturated carbocycles. The highest BCUT2D eigenvalue weighted by Crippen LogP contribution is 2.16. The zero-order chi connectivity index (χ0) is 15.3. The predicted molar refractivity (Wildman–Crippen MR) is 69.8 cm³/mol. The highest BCUT2D eigenvalue weighted by atomic mass is 32.2. The third-order valence-electron chi connectivity index (χ3n) is 2.75. The fourth-order valence-electron chi connectivity index (χ4n) is 1.62. The second-order valence-corrected chi connectivity index (χ2v) is 6.78. The van der Waals surface area contributed by atoms with Gasteiger partial charge in [-0.15, -0.1) is 0 Å². The summed E-state index contributed by atoms with van der Waals surface area (Å²) in [4.78, 5) is 11.1. The average molecular weight is 299 g/mol. The average Bonchev–Trinajstić information content (AvgIpc) is 2.36. The minimum atomic E-state index is -3.64. The van der Waals surface area contributed by atoms with Gasteiger partial charge in [-0.05, 0) is 30.7 Å². The van der Waals surface area contributed by atoms with Gasteiger partial charge in [-0.25, -0.2) is 12.8 Å². The highest BCUT2D eigenvalue weighted by Gasteiger charge is 2.24. The molecule has 0 aliphatic heterocycles. The van der Waals surface area contributed by atoms with Gasteiger partial charge in [0.2, 0.25) is 0 Å². The number of carbonyl (C=O) groups excluding carboxylic acids is 1. The number of methoxy groups -OCH3 is 1. The minimum absolute atomic E-state index is 0.0517. The fourth-order valence-corrected chi connectivity index (χ4v) is 2.92. The summed E-state index contributed by atoms with van der Waals surface area (Å²) in [7, 11) is -2.46. The first-order valence-electron chi connectivity index (χ1n) is 5.76. The Balaban J connectivity index is 2.94. The lowest BCUT2D eigenvalue weighted by molar-refractivity contribution is -0.140. The van der Waals surface area contributed by atoms with Crippen LogP contribution in [-0.2, 0) is 25.1 Å². The molecule has 1 aromatic carbocycles. The zero-order valence-corrected chi connectivity index (χ0v) is 11.9. The van der Waals surface area contributed by atoms with E-state index < -0.39 is 32.6 Å². The van der Waals surface area contributed by atoms with Crippen molar-refractivity contribution in [3.05, 3.63) is 35.1 Å². The van der Waals surface area contributed by atoms with Crippen molar-refractivity contribution in [1.29, 1.82) is 5.26 Å². The molecule has 0 bridgehead atoms. The SMILES string of the molecule is COC(=O)CC(C)S(=O)(=O)Cc1cc(F)cc(C#N)c1. The lowest BCUT2D eigenvalue weighted by atomic mass is 10.1. The van der Waals surface area contributed by atoms with Crippen molar-refractivity contribution in [3.8, 4) is 6.07 Å². The molecule has 0 aromatic heterocycles. The van der Waals surface area contributed by atoms with Gasteiger partial charge < -0.3 is 4.74 Å². The number of ether oxygens (including phenoxy) is 1. The molecule has 1 atom stereocenters. The van der Waals surface area contributed by atoms with Gasteiger partial charge in [0, 0.05) is 0 Å². The van der Waals surface area contributed by atoms with E-state index in [4.69, 9.17) is 5.26 Å². The summed E-state index contributed by atoms with van der Waals surface area (Å²) in [5, 5.41) is 7.78. The normalized spacial score (nSPS) is 12.5. The van der Waals surface area contributed by atoms with Crippen LogP contribution in [-0.4, -0.2) is 26.7 Å². The van der Waals surface area contributed by atoms with Gasteiger partial charge in [0.15, 0.2) is 9.84 Å². The van der Waals surface area contributed by atoms with Crippen LogP contribution in [0.4, 0.5) is 4.39 Å². The van der Waals surface area contributed by atoms with Gasteiger partial charge in [0.25, 0.3) is 0 Å². The summed E-state index contributed by atoms with van der Waals surface area (Å²) in [6.07, 6.45) is -0.265. The first-order chi connectivity index (χ1) is 9.28. The van der Waals surface area contributed by atoms with E-state index in [1.54, 1.807) is 6.07 Å². The Morgan fingerprint density at radius 2 is 2.10 bits per heavy atom. The Morgan fingerprint density at radius 1 is 1.45 bits per heavy atom. The fraction of sp³-hybridized carbons (Fsp3) is 0.385. The van der Waals surface area contributed by atoms with Gasteiger partial charge in [-0.2, -0.15) is 5.26 Å². The number of benzene rings is 1. The molecule has 0 radical (unpaired) electrons. The lowest BCUT2D eigenvalue weighted by Crippen LogP contribution is -2.23. The van der Waals surface area contributed by atoms with Crippen LogP contribution in [0, 0.1) is 17.1 Å². The van der Waals surface area contributed by atoms with E-state index in [0.717, 1.165) is 12.1 Å². The van der Waals surface area contributed by atoms with Crippen molar-refractivity contribution in [2.45, 2.75) is 24.3 Å². The van der Waals surface area contributed by atoms with E-state index in [9.17, 15) is 17.6 Å². The molecule has 0 fully saturated rings. The number of nitriles is 1. The van der Waals surface area contributed by atoms with Crippen molar-refractivity contribution in [2.75, 3.05) is 7.11 Å². The van der Waals surface area contributed by atoms with Crippen molar-refractivity contribution in [1.82, 2.24) is 0 Å². The van der Waals surface area contributed by atoms with E-state index in [0.29, 0.717) is 0 Å². The lowest BCUT2D eigenvalue weighted by Gasteiger charge is -2.12. The van der Waals surface area contributed by atoms with Gasteiger partial charge in [0.05, 0.1) is 36.2 Å². The molecule has 1 unspecified atom stereocenters. The molecule has 1 rings (SSSR count). The van der Waals surface area contributed by atoms with Gasteiger partial charge in [0.1, 0.15) is 5.82 Å². The molecule has 0 amide bonds. The van der Waals surface area contributed by atoms with Crippen LogP contribution >= 0.6 is 0 Å². The quantitative estimate of drug-likeness (QED) is 0.770. The van der Waals surface area contributed by atoms with Crippen LogP contribution < -0.4 is 0 Å². The topological polar surface area (TPSA) is 84.2 Å². The molecule has 5 nitrogen and oxygen atoms in total. The molecule has 0 aliphatic rings. The Hall–Kier alpha value is -1.94. The standard InChI is InChI=1S/C13H14FNO4S/c1-9(3-13(16)19-2)20(17,18)8-11-4-10(7-15)5-12(14)6-11/h4-6,9H,3,8H2,1-2H3. The number of hydrogen-bond donors (Lipinski definition) is 0. The molecule has 0 spiro atoms. The van der Waals surface area contributed by atoms with Crippen LogP contribution in [0.5, 0.6) is 0 Å². The van der Waals surface area contributed by atoms with Gasteiger partial charge in [-0.3, -0.25) is 4.79 Å². The van der Waals surface area contributed by atoms with E-state index in [1.165, 1.54) is 20.1 Å². The smallest absolute Gasteiger partial charge is 0.306 e. The maximum atomic E-state index is 13.2. The maximum absolute atomic E-state index is 13.2. The van der Waals surface area contributed by atoms with Crippen LogP contribution in [0.1, 0.15) is 24.5 Å². The molecular weight excluding hydrogens is 285 g/mol. The Kier molecular flexibility index (Phi) is 5.22. The Bertz CT molecular complexity index is 649. The third kappa shape index (κ3) is 4.31.